The Bertz CT molecular complexity index is 1260. The van der Waals surface area contributed by atoms with Crippen LogP contribution in [0.1, 0.15) is 44.7 Å². The van der Waals surface area contributed by atoms with Gasteiger partial charge in [0.05, 0.1) is 33.5 Å². The molecule has 0 radical (unpaired) electrons. The third kappa shape index (κ3) is 8.85. The van der Waals surface area contributed by atoms with Crippen molar-refractivity contribution in [1.82, 2.24) is 4.90 Å². The van der Waals surface area contributed by atoms with Gasteiger partial charge < -0.3 is 33.5 Å². The van der Waals surface area contributed by atoms with Gasteiger partial charge >= 0.3 is 12.1 Å². The molecule has 1 fully saturated rings. The molecule has 1 amide bonds. The van der Waals surface area contributed by atoms with E-state index in [1.165, 1.54) is 16.7 Å². The maximum atomic E-state index is 12.8. The molecule has 0 spiro atoms. The fourth-order valence-electron chi connectivity index (χ4n) is 4.68. The van der Waals surface area contributed by atoms with Crippen LogP contribution in [0.25, 0.3) is 0 Å². The van der Waals surface area contributed by atoms with Crippen molar-refractivity contribution in [1.29, 1.82) is 0 Å². The molecule has 0 unspecified atom stereocenters. The first-order valence-electron chi connectivity index (χ1n) is 14.0. The number of hydrogen-bond acceptors (Lipinski definition) is 10. The van der Waals surface area contributed by atoms with E-state index in [4.69, 9.17) is 33.4 Å². The highest BCUT2D eigenvalue weighted by atomic mass is 32.2. The molecule has 0 aliphatic carbocycles. The molecule has 5 atom stereocenters. The van der Waals surface area contributed by atoms with Crippen LogP contribution >= 0.6 is 11.8 Å². The number of hydrogen-bond donors (Lipinski definition) is 1. The Morgan fingerprint density at radius 1 is 0.930 bits per heavy atom. The summed E-state index contributed by atoms with van der Waals surface area (Å²) in [4.78, 5) is 30.6. The quantitative estimate of drug-likeness (QED) is 0.364. The SMILES string of the molecule is COc1ccc(CO[C@@H]2[C@H]3N=C(N(C)C(=O)OC(C)(C)C)S[C@H]3O[C@H](CCC(=O)O)[C@H]2OCc2ccc(OC)cc2)cc1. The Morgan fingerprint density at radius 3 is 1.95 bits per heavy atom. The van der Waals surface area contributed by atoms with Crippen LogP contribution in [0.4, 0.5) is 4.79 Å². The van der Waals surface area contributed by atoms with Gasteiger partial charge in [0, 0.05) is 13.5 Å². The molecule has 1 saturated heterocycles. The smallest absolute Gasteiger partial charge is 0.416 e. The zero-order chi connectivity index (χ0) is 31.1. The molecule has 2 aliphatic heterocycles. The highest BCUT2D eigenvalue weighted by Crippen LogP contribution is 2.41. The van der Waals surface area contributed by atoms with Crippen molar-refractivity contribution in [3.63, 3.8) is 0 Å². The van der Waals surface area contributed by atoms with Gasteiger partial charge in [0.15, 0.2) is 5.17 Å². The first-order valence-corrected chi connectivity index (χ1v) is 14.9. The van der Waals surface area contributed by atoms with Gasteiger partial charge in [0.25, 0.3) is 0 Å². The summed E-state index contributed by atoms with van der Waals surface area (Å²) >= 11 is 1.29. The summed E-state index contributed by atoms with van der Waals surface area (Å²) in [6.07, 6.45) is -2.27. The molecule has 2 aromatic carbocycles. The van der Waals surface area contributed by atoms with Crippen LogP contribution in [0.5, 0.6) is 11.5 Å². The van der Waals surface area contributed by atoms with E-state index in [0.717, 1.165) is 22.6 Å². The zero-order valence-electron chi connectivity index (χ0n) is 25.3. The van der Waals surface area contributed by atoms with E-state index in [-0.39, 0.29) is 26.1 Å². The molecular formula is C31H40N2O9S. The number of carboxylic acids is 1. The molecule has 12 heteroatoms. The number of rotatable bonds is 11. The standard InChI is InChI=1S/C31H40N2O9S/c1-31(2,3)42-30(36)33(4)29-32-25-27(40-18-20-9-13-22(38-6)14-10-20)26(23(15-16-24(34)35)41-28(25)43-29)39-17-19-7-11-21(37-5)12-8-19/h7-14,23,25-28H,15-18H2,1-6H3,(H,34,35)/t23-,25-,26-,27-,28-/m1/s1. The Balaban J connectivity index is 1.61. The van der Waals surface area contributed by atoms with Crippen molar-refractivity contribution in [2.75, 3.05) is 21.3 Å². The van der Waals surface area contributed by atoms with E-state index >= 15 is 0 Å². The molecule has 2 aliphatic rings. The van der Waals surface area contributed by atoms with Crippen molar-refractivity contribution in [2.45, 2.75) is 82.2 Å². The molecule has 2 heterocycles. The molecule has 43 heavy (non-hydrogen) atoms. The summed E-state index contributed by atoms with van der Waals surface area (Å²) < 4.78 is 35.5. The van der Waals surface area contributed by atoms with Crippen LogP contribution in [-0.2, 0) is 37.0 Å². The van der Waals surface area contributed by atoms with Crippen molar-refractivity contribution in [3.8, 4) is 11.5 Å². The van der Waals surface area contributed by atoms with Gasteiger partial charge in [-0.2, -0.15) is 0 Å². The largest absolute Gasteiger partial charge is 0.497 e. The average molecular weight is 617 g/mol. The number of benzene rings is 2. The molecule has 11 nitrogen and oxygen atoms in total. The van der Waals surface area contributed by atoms with Crippen molar-refractivity contribution in [2.24, 2.45) is 4.99 Å². The number of thioether (sulfide) groups is 1. The van der Waals surface area contributed by atoms with Gasteiger partial charge in [0.1, 0.15) is 40.8 Å². The van der Waals surface area contributed by atoms with Gasteiger partial charge in [-0.25, -0.2) is 4.79 Å². The molecule has 234 valence electrons. The monoisotopic (exact) mass is 616 g/mol. The molecule has 2 aromatic rings. The Morgan fingerprint density at radius 2 is 1.47 bits per heavy atom. The molecule has 4 rings (SSSR count). The highest BCUT2D eigenvalue weighted by Gasteiger charge is 2.51. The van der Waals surface area contributed by atoms with E-state index in [9.17, 15) is 14.7 Å². The molecule has 0 bridgehead atoms. The maximum absolute atomic E-state index is 12.8. The third-order valence-electron chi connectivity index (χ3n) is 6.90. The predicted octanol–water partition coefficient (Wildman–Crippen LogP) is 5.10. The van der Waals surface area contributed by atoms with E-state index in [0.29, 0.717) is 5.17 Å². The normalized spacial score (nSPS) is 23.2. The number of carbonyl (C=O) groups is 2. The Hall–Kier alpha value is -3.32. The van der Waals surface area contributed by atoms with Crippen LogP contribution < -0.4 is 9.47 Å². The number of aliphatic carboxylic acids is 1. The number of aliphatic imine (C=N–C) groups is 1. The minimum absolute atomic E-state index is 0.105. The number of ether oxygens (including phenoxy) is 6. The molecule has 1 N–H and O–H groups in total. The predicted molar refractivity (Wildman–Crippen MR) is 161 cm³/mol. The first kappa shape index (κ1) is 32.6. The fraction of sp³-hybridized carbons (Fsp3) is 0.516. The van der Waals surface area contributed by atoms with Gasteiger partial charge in [-0.15, -0.1) is 0 Å². The van der Waals surface area contributed by atoms with E-state index in [1.807, 2.05) is 48.5 Å². The third-order valence-corrected chi connectivity index (χ3v) is 8.11. The van der Waals surface area contributed by atoms with Gasteiger partial charge in [-0.3, -0.25) is 14.7 Å². The lowest BCUT2D eigenvalue weighted by Gasteiger charge is -2.42. The lowest BCUT2D eigenvalue weighted by Crippen LogP contribution is -2.56. The van der Waals surface area contributed by atoms with Crippen LogP contribution in [0.15, 0.2) is 53.5 Å². The van der Waals surface area contributed by atoms with Gasteiger partial charge in [-0.05, 0) is 62.6 Å². The minimum Gasteiger partial charge on any atom is -0.497 e. The lowest BCUT2D eigenvalue weighted by atomic mass is 9.94. The summed E-state index contributed by atoms with van der Waals surface area (Å²) in [5.41, 5.74) is 0.634. The number of carbonyl (C=O) groups excluding carboxylic acids is 1. The second kappa shape index (κ2) is 14.4. The van der Waals surface area contributed by atoms with Crippen LogP contribution in [0, 0.1) is 0 Å². The number of nitrogens with zero attached hydrogens (tertiary/aromatic N) is 2. The number of carboxylic acid groups (broad SMARTS) is 1. The minimum atomic E-state index is -0.934. The second-order valence-electron chi connectivity index (χ2n) is 11.3. The molecule has 0 aromatic heterocycles. The van der Waals surface area contributed by atoms with Crippen LogP contribution in [-0.4, -0.2) is 83.9 Å². The summed E-state index contributed by atoms with van der Waals surface area (Å²) in [5, 5.41) is 9.89. The Kier molecular flexibility index (Phi) is 10.9. The zero-order valence-corrected chi connectivity index (χ0v) is 26.2. The average Bonchev–Trinajstić information content (AvgIpc) is 3.41. The van der Waals surface area contributed by atoms with E-state index < -0.39 is 47.5 Å². The van der Waals surface area contributed by atoms with E-state index in [2.05, 4.69) is 0 Å². The fourth-order valence-corrected chi connectivity index (χ4v) is 5.86. The van der Waals surface area contributed by atoms with Crippen molar-refractivity contribution < 1.29 is 43.1 Å². The number of amidine groups is 1. The summed E-state index contributed by atoms with van der Waals surface area (Å²) in [6.45, 7) is 5.89. The van der Waals surface area contributed by atoms with Gasteiger partial charge in [-0.1, -0.05) is 36.0 Å². The van der Waals surface area contributed by atoms with Crippen molar-refractivity contribution in [3.05, 3.63) is 59.7 Å². The topological polar surface area (TPSA) is 125 Å². The summed E-state index contributed by atoms with van der Waals surface area (Å²) in [6, 6.07) is 14.5. The van der Waals surface area contributed by atoms with Crippen LogP contribution in [0.2, 0.25) is 0 Å². The molecule has 0 saturated carbocycles. The molecular weight excluding hydrogens is 576 g/mol. The van der Waals surface area contributed by atoms with Crippen LogP contribution in [0.3, 0.4) is 0 Å². The number of amides is 1. The second-order valence-corrected chi connectivity index (χ2v) is 12.3. The summed E-state index contributed by atoms with van der Waals surface area (Å²) in [5.74, 6) is 0.526. The highest BCUT2D eigenvalue weighted by molar-refractivity contribution is 8.14. The lowest BCUT2D eigenvalue weighted by molar-refractivity contribution is -0.199. The first-order chi connectivity index (χ1) is 20.5. The maximum Gasteiger partial charge on any atom is 0.416 e. The number of methoxy groups -OCH3 is 2. The summed E-state index contributed by atoms with van der Waals surface area (Å²) in [7, 11) is 4.81. The Labute approximate surface area is 256 Å². The van der Waals surface area contributed by atoms with Gasteiger partial charge in [0.2, 0.25) is 0 Å². The van der Waals surface area contributed by atoms with E-state index in [1.54, 1.807) is 42.0 Å². The van der Waals surface area contributed by atoms with Crippen molar-refractivity contribution >= 4 is 29.0 Å². The number of fused-ring (bicyclic) bond motifs is 1.